The van der Waals surface area contributed by atoms with Crippen LogP contribution in [0.5, 0.6) is 0 Å². The van der Waals surface area contributed by atoms with Crippen LogP contribution >= 0.6 is 0 Å². The predicted molar refractivity (Wildman–Crippen MR) is 88.9 cm³/mol. The lowest BCUT2D eigenvalue weighted by Crippen LogP contribution is -3.00. The molecule has 0 spiro atoms. The van der Waals surface area contributed by atoms with Crippen LogP contribution in [-0.2, 0) is 28.4 Å². The smallest absolute Gasteiger partial charge is 0.102 e. The highest BCUT2D eigenvalue weighted by atomic mass is 127. The summed E-state index contributed by atoms with van der Waals surface area (Å²) in [4.78, 5) is 0. The van der Waals surface area contributed by atoms with Crippen molar-refractivity contribution in [2.75, 3.05) is 107 Å². The average molecular weight is 465 g/mol. The SMILES string of the molecule is COCCOCC[N+](C)(CCOCCOC)CCOCCOC.[I-]. The molecule has 0 saturated heterocycles. The highest BCUT2D eigenvalue weighted by molar-refractivity contribution is 4.43. The van der Waals surface area contributed by atoms with Gasteiger partial charge in [-0.3, -0.25) is 0 Å². The first-order valence-corrected chi connectivity index (χ1v) is 8.22. The maximum Gasteiger partial charge on any atom is 0.102 e. The van der Waals surface area contributed by atoms with Gasteiger partial charge in [-0.25, -0.2) is 0 Å². The summed E-state index contributed by atoms with van der Waals surface area (Å²) in [5, 5.41) is 0. The van der Waals surface area contributed by atoms with Gasteiger partial charge in [-0.2, -0.15) is 0 Å². The highest BCUT2D eigenvalue weighted by Crippen LogP contribution is 2.03. The molecule has 0 heterocycles. The molecule has 148 valence electrons. The number of methoxy groups -OCH3 is 3. The topological polar surface area (TPSA) is 55.4 Å². The Morgan fingerprint density at radius 3 is 1.04 bits per heavy atom. The number of hydrogen-bond donors (Lipinski definition) is 0. The predicted octanol–water partition coefficient (Wildman–Crippen LogP) is -2.57. The van der Waals surface area contributed by atoms with Crippen molar-refractivity contribution in [3.05, 3.63) is 0 Å². The lowest BCUT2D eigenvalue weighted by molar-refractivity contribution is -0.910. The van der Waals surface area contributed by atoms with Gasteiger partial charge in [0.1, 0.15) is 19.6 Å². The van der Waals surface area contributed by atoms with Crippen LogP contribution in [0.1, 0.15) is 0 Å². The van der Waals surface area contributed by atoms with Crippen LogP contribution in [0.25, 0.3) is 0 Å². The second-order valence-electron chi connectivity index (χ2n) is 5.61. The molecule has 0 unspecified atom stereocenters. The van der Waals surface area contributed by atoms with E-state index in [0.717, 1.165) is 24.1 Å². The molecule has 0 saturated carbocycles. The third-order valence-electron chi connectivity index (χ3n) is 3.62. The van der Waals surface area contributed by atoms with E-state index in [-0.39, 0.29) is 24.0 Å². The molecule has 0 atom stereocenters. The second kappa shape index (κ2) is 19.8. The Morgan fingerprint density at radius 1 is 0.500 bits per heavy atom. The number of quaternary nitrogens is 1. The maximum absolute atomic E-state index is 5.60. The van der Waals surface area contributed by atoms with Crippen LogP contribution in [-0.4, -0.2) is 112 Å². The van der Waals surface area contributed by atoms with E-state index in [4.69, 9.17) is 28.4 Å². The monoisotopic (exact) mass is 465 g/mol. The zero-order valence-corrected chi connectivity index (χ0v) is 17.9. The third kappa shape index (κ3) is 17.3. The molecule has 0 aromatic heterocycles. The van der Waals surface area contributed by atoms with E-state index < -0.39 is 0 Å². The van der Waals surface area contributed by atoms with Crippen molar-refractivity contribution in [1.82, 2.24) is 0 Å². The van der Waals surface area contributed by atoms with Gasteiger partial charge in [0.15, 0.2) is 0 Å². The van der Waals surface area contributed by atoms with Gasteiger partial charge in [-0.05, 0) is 0 Å². The van der Waals surface area contributed by atoms with Gasteiger partial charge < -0.3 is 56.9 Å². The first-order chi connectivity index (χ1) is 11.2. The van der Waals surface area contributed by atoms with Crippen molar-refractivity contribution >= 4 is 0 Å². The van der Waals surface area contributed by atoms with E-state index in [1.807, 2.05) is 0 Å². The number of rotatable bonds is 18. The van der Waals surface area contributed by atoms with Gasteiger partial charge in [0, 0.05) is 21.3 Å². The minimum absolute atomic E-state index is 0. The fraction of sp³-hybridized carbons (Fsp3) is 1.00. The summed E-state index contributed by atoms with van der Waals surface area (Å²) >= 11 is 0. The second-order valence-corrected chi connectivity index (χ2v) is 5.61. The molecule has 0 radical (unpaired) electrons. The summed E-state index contributed by atoms with van der Waals surface area (Å²) in [7, 11) is 7.24. The molecule has 0 aromatic carbocycles. The van der Waals surface area contributed by atoms with Gasteiger partial charge in [0.25, 0.3) is 0 Å². The van der Waals surface area contributed by atoms with Gasteiger partial charge in [0.05, 0.1) is 66.5 Å². The van der Waals surface area contributed by atoms with Crippen molar-refractivity contribution in [2.24, 2.45) is 0 Å². The summed E-state index contributed by atoms with van der Waals surface area (Å²) in [6.07, 6.45) is 0. The van der Waals surface area contributed by atoms with Crippen molar-refractivity contribution in [1.29, 1.82) is 0 Å². The van der Waals surface area contributed by atoms with E-state index in [2.05, 4.69) is 7.05 Å². The number of nitrogens with zero attached hydrogens (tertiary/aromatic N) is 1. The Bertz CT molecular complexity index is 213. The van der Waals surface area contributed by atoms with Crippen LogP contribution in [0.15, 0.2) is 0 Å². The van der Waals surface area contributed by atoms with Gasteiger partial charge >= 0.3 is 0 Å². The van der Waals surface area contributed by atoms with Crippen LogP contribution in [0.3, 0.4) is 0 Å². The largest absolute Gasteiger partial charge is 1.00 e. The molecule has 24 heavy (non-hydrogen) atoms. The number of ether oxygens (including phenoxy) is 6. The molecule has 0 amide bonds. The summed E-state index contributed by atoms with van der Waals surface area (Å²) in [5.41, 5.74) is 0. The van der Waals surface area contributed by atoms with Crippen LogP contribution in [0.4, 0.5) is 0 Å². The minimum atomic E-state index is 0. The normalized spacial score (nSPS) is 11.5. The lowest BCUT2D eigenvalue weighted by atomic mass is 10.3. The Hall–Kier alpha value is 0.450. The zero-order chi connectivity index (χ0) is 17.2. The molecule has 7 nitrogen and oxygen atoms in total. The molecular weight excluding hydrogens is 429 g/mol. The van der Waals surface area contributed by atoms with Crippen LogP contribution < -0.4 is 24.0 Å². The molecule has 0 aliphatic heterocycles. The Balaban J connectivity index is 0. The molecule has 0 bridgehead atoms. The van der Waals surface area contributed by atoms with Crippen molar-refractivity contribution in [3.63, 3.8) is 0 Å². The Morgan fingerprint density at radius 2 is 0.792 bits per heavy atom. The molecule has 8 heteroatoms. The molecule has 0 aromatic rings. The number of likely N-dealkylation sites (N-methyl/N-ethyl adjacent to an activating group) is 1. The summed E-state index contributed by atoms with van der Waals surface area (Å²) in [6.45, 7) is 8.66. The van der Waals surface area contributed by atoms with E-state index in [9.17, 15) is 0 Å². The fourth-order valence-corrected chi connectivity index (χ4v) is 1.92. The maximum atomic E-state index is 5.60. The number of halogens is 1. The molecular formula is C16H36INO6. The van der Waals surface area contributed by atoms with Gasteiger partial charge in [0.2, 0.25) is 0 Å². The highest BCUT2D eigenvalue weighted by Gasteiger charge is 2.21. The average Bonchev–Trinajstić information content (AvgIpc) is 2.54. The van der Waals surface area contributed by atoms with Crippen molar-refractivity contribution < 1.29 is 56.9 Å². The standard InChI is InChI=1S/C16H36NO6.HI/c1-17(5-8-21-14-11-18-2,6-9-22-15-12-19-3)7-10-23-16-13-20-4;/h5-16H2,1-4H3;1H/q+1;/p-1. The Labute approximate surface area is 164 Å². The molecule has 0 rings (SSSR count). The molecule has 0 N–H and O–H groups in total. The van der Waals surface area contributed by atoms with Crippen molar-refractivity contribution in [3.8, 4) is 0 Å². The molecule has 0 fully saturated rings. The van der Waals surface area contributed by atoms with E-state index in [1.165, 1.54) is 0 Å². The van der Waals surface area contributed by atoms with Crippen LogP contribution in [0.2, 0.25) is 0 Å². The van der Waals surface area contributed by atoms with E-state index >= 15 is 0 Å². The quantitative estimate of drug-likeness (QED) is 0.126. The van der Waals surface area contributed by atoms with Crippen molar-refractivity contribution in [2.45, 2.75) is 0 Å². The van der Waals surface area contributed by atoms with Gasteiger partial charge in [-0.1, -0.05) is 0 Å². The zero-order valence-electron chi connectivity index (χ0n) is 15.8. The first-order valence-electron chi connectivity index (χ1n) is 8.22. The number of hydrogen-bond acceptors (Lipinski definition) is 6. The summed E-state index contributed by atoms with van der Waals surface area (Å²) in [6, 6.07) is 0. The summed E-state index contributed by atoms with van der Waals surface area (Å²) in [5.74, 6) is 0. The Kier molecular flexibility index (Phi) is 22.0. The first kappa shape index (κ1) is 26.7. The lowest BCUT2D eigenvalue weighted by Gasteiger charge is -2.34. The third-order valence-corrected chi connectivity index (χ3v) is 3.62. The van der Waals surface area contributed by atoms with E-state index in [1.54, 1.807) is 21.3 Å². The minimum Gasteiger partial charge on any atom is -1.00 e. The fourth-order valence-electron chi connectivity index (χ4n) is 1.92. The summed E-state index contributed by atoms with van der Waals surface area (Å²) < 4.78 is 32.6. The van der Waals surface area contributed by atoms with E-state index in [0.29, 0.717) is 59.5 Å². The molecule has 0 aliphatic carbocycles. The molecule has 0 aliphatic rings. The van der Waals surface area contributed by atoms with Crippen LogP contribution in [0, 0.1) is 0 Å². The van der Waals surface area contributed by atoms with Gasteiger partial charge in [-0.15, -0.1) is 0 Å².